The van der Waals surface area contributed by atoms with Crippen molar-refractivity contribution in [1.82, 2.24) is 5.01 Å². The number of benzene rings is 2. The number of nitrogens with zero attached hydrogens (tertiary/aromatic N) is 2. The summed E-state index contributed by atoms with van der Waals surface area (Å²) in [5.41, 5.74) is 2.09. The van der Waals surface area contributed by atoms with Gasteiger partial charge in [-0.1, -0.05) is 46.3 Å². The van der Waals surface area contributed by atoms with E-state index >= 15 is 0 Å². The van der Waals surface area contributed by atoms with Gasteiger partial charge in [-0.2, -0.15) is 5.10 Å². The van der Waals surface area contributed by atoms with Crippen LogP contribution in [0.25, 0.3) is 0 Å². The van der Waals surface area contributed by atoms with Crippen LogP contribution in [0.1, 0.15) is 23.6 Å². The summed E-state index contributed by atoms with van der Waals surface area (Å²) in [6, 6.07) is 13.7. The van der Waals surface area contributed by atoms with E-state index in [0.717, 1.165) is 22.2 Å². The molecule has 0 radical (unpaired) electrons. The van der Waals surface area contributed by atoms with E-state index in [0.29, 0.717) is 17.7 Å². The van der Waals surface area contributed by atoms with Crippen molar-refractivity contribution in [2.75, 3.05) is 0 Å². The first-order valence-electron chi connectivity index (χ1n) is 7.81. The van der Waals surface area contributed by atoms with Crippen molar-refractivity contribution in [1.29, 1.82) is 0 Å². The molecule has 0 aliphatic carbocycles. The van der Waals surface area contributed by atoms with Gasteiger partial charge in [-0.3, -0.25) is 4.79 Å². The Morgan fingerprint density at radius 3 is 2.46 bits per heavy atom. The van der Waals surface area contributed by atoms with Crippen molar-refractivity contribution in [3.05, 3.63) is 76.3 Å². The summed E-state index contributed by atoms with van der Waals surface area (Å²) in [5.74, 6) is -1.72. The van der Waals surface area contributed by atoms with Crippen LogP contribution in [0.15, 0.2) is 70.3 Å². The van der Waals surface area contributed by atoms with Crippen LogP contribution in [-0.4, -0.2) is 32.8 Å². The van der Waals surface area contributed by atoms with Crippen LogP contribution >= 0.6 is 15.9 Å². The third kappa shape index (κ3) is 3.83. The Balaban J connectivity index is 1.98. The number of aliphatic carboxylic acids is 1. The Morgan fingerprint density at radius 1 is 1.12 bits per heavy atom. The first kappa shape index (κ1) is 17.9. The number of phenols is 1. The van der Waals surface area contributed by atoms with Gasteiger partial charge in [0.05, 0.1) is 11.8 Å². The first-order valence-corrected chi connectivity index (χ1v) is 8.60. The lowest BCUT2D eigenvalue weighted by atomic mass is 9.98. The molecule has 0 saturated heterocycles. The molecule has 2 N–H and O–H groups in total. The number of halogens is 1. The van der Waals surface area contributed by atoms with E-state index in [-0.39, 0.29) is 5.75 Å². The molecule has 6 nitrogen and oxygen atoms in total. The highest BCUT2D eigenvalue weighted by atomic mass is 79.9. The summed E-state index contributed by atoms with van der Waals surface area (Å²) in [6.07, 6.45) is 2.15. The van der Waals surface area contributed by atoms with Gasteiger partial charge in [0.25, 0.3) is 5.91 Å². The number of carboxylic acids is 1. The van der Waals surface area contributed by atoms with E-state index in [4.69, 9.17) is 5.11 Å². The van der Waals surface area contributed by atoms with Crippen LogP contribution in [0, 0.1) is 0 Å². The lowest BCUT2D eigenvalue weighted by Gasteiger charge is -2.21. The predicted octanol–water partition coefficient (Wildman–Crippen LogP) is 3.47. The smallest absolute Gasteiger partial charge is 0.328 e. The van der Waals surface area contributed by atoms with E-state index < -0.39 is 17.9 Å². The number of hydrogen-bond acceptors (Lipinski definition) is 4. The fourth-order valence-electron chi connectivity index (χ4n) is 2.76. The molecular formula is C19H15BrN2O4. The second-order valence-electron chi connectivity index (χ2n) is 5.69. The van der Waals surface area contributed by atoms with Crippen LogP contribution in [-0.2, 0) is 9.59 Å². The van der Waals surface area contributed by atoms with Gasteiger partial charge in [0.2, 0.25) is 0 Å². The minimum atomic E-state index is -1.21. The number of hydrogen-bond donors (Lipinski definition) is 2. The highest BCUT2D eigenvalue weighted by Gasteiger charge is 2.33. The lowest BCUT2D eigenvalue weighted by Crippen LogP contribution is -2.25. The maximum Gasteiger partial charge on any atom is 0.328 e. The molecule has 1 aliphatic rings. The zero-order valence-electron chi connectivity index (χ0n) is 13.5. The van der Waals surface area contributed by atoms with Gasteiger partial charge in [0, 0.05) is 28.6 Å². The summed E-state index contributed by atoms with van der Waals surface area (Å²) in [7, 11) is 0. The summed E-state index contributed by atoms with van der Waals surface area (Å²) >= 11 is 3.38. The molecule has 1 aliphatic heterocycles. The molecule has 7 heteroatoms. The number of amides is 1. The summed E-state index contributed by atoms with van der Waals surface area (Å²) in [4.78, 5) is 23.2. The summed E-state index contributed by atoms with van der Waals surface area (Å²) in [6.45, 7) is 0. The summed E-state index contributed by atoms with van der Waals surface area (Å²) < 4.78 is 0.925. The van der Waals surface area contributed by atoms with Gasteiger partial charge >= 0.3 is 5.97 Å². The van der Waals surface area contributed by atoms with Gasteiger partial charge < -0.3 is 10.2 Å². The van der Waals surface area contributed by atoms with E-state index in [9.17, 15) is 14.7 Å². The quantitative estimate of drug-likeness (QED) is 0.749. The van der Waals surface area contributed by atoms with Crippen LogP contribution < -0.4 is 0 Å². The van der Waals surface area contributed by atoms with Crippen LogP contribution in [0.4, 0.5) is 0 Å². The first-order chi connectivity index (χ1) is 12.5. The zero-order valence-corrected chi connectivity index (χ0v) is 15.1. The van der Waals surface area contributed by atoms with Gasteiger partial charge in [-0.15, -0.1) is 0 Å². The Kier molecular flexibility index (Phi) is 5.18. The van der Waals surface area contributed by atoms with E-state index in [1.54, 1.807) is 24.3 Å². The van der Waals surface area contributed by atoms with Crippen LogP contribution in [0.2, 0.25) is 0 Å². The molecule has 0 bridgehead atoms. The van der Waals surface area contributed by atoms with Crippen molar-refractivity contribution in [2.24, 2.45) is 5.10 Å². The second-order valence-corrected chi connectivity index (χ2v) is 6.60. The minimum Gasteiger partial charge on any atom is -0.508 e. The molecule has 132 valence electrons. The number of rotatable bonds is 4. The molecule has 1 heterocycles. The molecule has 1 atom stereocenters. The fourth-order valence-corrected chi connectivity index (χ4v) is 3.03. The average molecular weight is 415 g/mol. The number of carbonyl (C=O) groups excluding carboxylic acids is 1. The monoisotopic (exact) mass is 414 g/mol. The highest BCUT2D eigenvalue weighted by Crippen LogP contribution is 2.37. The molecular weight excluding hydrogens is 400 g/mol. The molecule has 0 saturated carbocycles. The molecule has 2 aromatic carbocycles. The molecule has 26 heavy (non-hydrogen) atoms. The number of aromatic hydroxyl groups is 1. The highest BCUT2D eigenvalue weighted by molar-refractivity contribution is 9.10. The van der Waals surface area contributed by atoms with Crippen molar-refractivity contribution in [3.8, 4) is 5.75 Å². The Labute approximate surface area is 158 Å². The fraction of sp³-hybridized carbons (Fsp3) is 0.105. The maximum absolute atomic E-state index is 12.5. The predicted molar refractivity (Wildman–Crippen MR) is 99.8 cm³/mol. The van der Waals surface area contributed by atoms with Crippen molar-refractivity contribution < 1.29 is 19.8 Å². The Hall–Kier alpha value is -2.93. The Morgan fingerprint density at radius 2 is 1.81 bits per heavy atom. The zero-order chi connectivity index (χ0) is 18.7. The van der Waals surface area contributed by atoms with Crippen LogP contribution in [0.5, 0.6) is 5.75 Å². The van der Waals surface area contributed by atoms with Gasteiger partial charge in [0.1, 0.15) is 5.75 Å². The average Bonchev–Trinajstić information content (AvgIpc) is 3.06. The van der Waals surface area contributed by atoms with Gasteiger partial charge in [-0.25, -0.2) is 9.80 Å². The number of phenolic OH excluding ortho intramolecular Hbond substituents is 1. The molecule has 1 unspecified atom stereocenters. The van der Waals surface area contributed by atoms with Crippen LogP contribution in [0.3, 0.4) is 0 Å². The van der Waals surface area contributed by atoms with Gasteiger partial charge in [-0.05, 0) is 23.8 Å². The standard InChI is InChI=1S/C19H15BrN2O4/c20-13-7-5-12(6-8-13)15-11-16(14-3-1-2-4-17(14)23)22(21-15)18(24)9-10-19(25)26/h1-10,16,23H,11H2,(H,25,26). The summed E-state index contributed by atoms with van der Waals surface area (Å²) in [5, 5.41) is 24.5. The molecule has 0 fully saturated rings. The largest absolute Gasteiger partial charge is 0.508 e. The normalized spacial score (nSPS) is 16.7. The topological polar surface area (TPSA) is 90.2 Å². The second kappa shape index (κ2) is 7.53. The molecule has 0 spiro atoms. The minimum absolute atomic E-state index is 0.0600. The number of hydrazone groups is 1. The SMILES string of the molecule is O=C(O)C=CC(=O)N1N=C(c2ccc(Br)cc2)CC1c1ccccc1O. The van der Waals surface area contributed by atoms with E-state index in [2.05, 4.69) is 21.0 Å². The van der Waals surface area contributed by atoms with E-state index in [1.165, 1.54) is 5.01 Å². The lowest BCUT2D eigenvalue weighted by molar-refractivity contribution is -0.132. The number of carbonyl (C=O) groups is 2. The van der Waals surface area contributed by atoms with Crippen molar-refractivity contribution >= 4 is 33.5 Å². The molecule has 2 aromatic rings. The molecule has 3 rings (SSSR count). The van der Waals surface area contributed by atoms with E-state index in [1.807, 2.05) is 24.3 Å². The number of para-hydroxylation sites is 1. The third-order valence-corrected chi connectivity index (χ3v) is 4.51. The van der Waals surface area contributed by atoms with Crippen molar-refractivity contribution in [3.63, 3.8) is 0 Å². The third-order valence-electron chi connectivity index (χ3n) is 3.98. The number of carboxylic acid groups (broad SMARTS) is 1. The Bertz CT molecular complexity index is 906. The van der Waals surface area contributed by atoms with Crippen molar-refractivity contribution in [2.45, 2.75) is 12.5 Å². The maximum atomic E-state index is 12.5. The van der Waals surface area contributed by atoms with Gasteiger partial charge in [0.15, 0.2) is 0 Å². The molecule has 1 amide bonds. The molecule has 0 aromatic heterocycles.